The highest BCUT2D eigenvalue weighted by Gasteiger charge is 2.44. The van der Waals surface area contributed by atoms with Gasteiger partial charge < -0.3 is 24.8 Å². The van der Waals surface area contributed by atoms with Crippen molar-refractivity contribution in [2.45, 2.75) is 63.1 Å². The van der Waals surface area contributed by atoms with Gasteiger partial charge >= 0.3 is 5.97 Å². The average molecular weight is 498 g/mol. The second kappa shape index (κ2) is 14.8. The van der Waals surface area contributed by atoms with E-state index in [4.69, 9.17) is 14.6 Å². The van der Waals surface area contributed by atoms with Crippen LogP contribution in [0.4, 0.5) is 0 Å². The Morgan fingerprint density at radius 2 is 1.81 bits per heavy atom. The standard InChI is InChI=1S/C29H39NO6/c1-30(19-23(31)21-35-24-14-8-5-9-15-24)29-25(16-10-2-3-11-17-28(33)34)27(18-26(29)32)36-20-22-12-6-4-7-13-22/h2,4-10,12-15,23,25-27,29,31-32H,3,11,16-21H2,1H3,(H,33,34)/b10-2-/t23?,25-,26+,27-,29+/m0/s1. The van der Waals surface area contributed by atoms with E-state index in [-0.39, 0.29) is 31.1 Å². The van der Waals surface area contributed by atoms with E-state index >= 15 is 0 Å². The molecule has 1 saturated carbocycles. The lowest BCUT2D eigenvalue weighted by molar-refractivity contribution is -0.137. The van der Waals surface area contributed by atoms with Gasteiger partial charge in [-0.25, -0.2) is 0 Å². The molecular weight excluding hydrogens is 458 g/mol. The Balaban J connectivity index is 1.60. The first-order valence-electron chi connectivity index (χ1n) is 12.7. The predicted molar refractivity (Wildman–Crippen MR) is 139 cm³/mol. The number of aliphatic carboxylic acids is 1. The quantitative estimate of drug-likeness (QED) is 0.254. The number of carbonyl (C=O) groups is 1. The van der Waals surface area contributed by atoms with Crippen LogP contribution in [-0.4, -0.2) is 70.7 Å². The number of ether oxygens (including phenoxy) is 2. The number of unbranched alkanes of at least 4 members (excludes halogenated alkanes) is 1. The van der Waals surface area contributed by atoms with Gasteiger partial charge in [0.25, 0.3) is 0 Å². The fourth-order valence-corrected chi connectivity index (χ4v) is 4.90. The fraction of sp³-hybridized carbons (Fsp3) is 0.483. The summed E-state index contributed by atoms with van der Waals surface area (Å²) >= 11 is 0. The van der Waals surface area contributed by atoms with Gasteiger partial charge in [0.15, 0.2) is 0 Å². The molecule has 196 valence electrons. The molecule has 0 spiro atoms. The largest absolute Gasteiger partial charge is 0.491 e. The zero-order valence-corrected chi connectivity index (χ0v) is 21.0. The number of benzene rings is 2. The van der Waals surface area contributed by atoms with Crippen molar-refractivity contribution in [3.63, 3.8) is 0 Å². The highest BCUT2D eigenvalue weighted by molar-refractivity contribution is 5.66. The van der Waals surface area contributed by atoms with Crippen molar-refractivity contribution < 1.29 is 29.6 Å². The number of para-hydroxylation sites is 1. The molecule has 1 aliphatic carbocycles. The predicted octanol–water partition coefficient (Wildman–Crippen LogP) is 3.89. The number of allylic oxidation sites excluding steroid dienone is 2. The molecule has 0 heterocycles. The normalized spacial score (nSPS) is 22.8. The summed E-state index contributed by atoms with van der Waals surface area (Å²) in [6.07, 6.45) is 5.35. The molecule has 0 aliphatic heterocycles. The molecule has 1 aliphatic rings. The fourth-order valence-electron chi connectivity index (χ4n) is 4.90. The van der Waals surface area contributed by atoms with E-state index in [0.717, 1.165) is 5.56 Å². The smallest absolute Gasteiger partial charge is 0.303 e. The van der Waals surface area contributed by atoms with Gasteiger partial charge in [0.05, 0.1) is 18.8 Å². The van der Waals surface area contributed by atoms with Crippen molar-refractivity contribution in [1.29, 1.82) is 0 Å². The number of rotatable bonds is 15. The first-order valence-corrected chi connectivity index (χ1v) is 12.7. The SMILES string of the molecule is CN(CC(O)COc1ccccc1)[C@@H]1[C@@H](C/C=C\CCCC(=O)O)[C@@H](OCc2ccccc2)C[C@H]1O. The van der Waals surface area contributed by atoms with Gasteiger partial charge in [0, 0.05) is 31.3 Å². The average Bonchev–Trinajstić information content (AvgIpc) is 3.19. The highest BCUT2D eigenvalue weighted by atomic mass is 16.5. The minimum atomic E-state index is -0.784. The lowest BCUT2D eigenvalue weighted by Gasteiger charge is -2.34. The molecular formula is C29H39NO6. The first-order chi connectivity index (χ1) is 17.4. The molecule has 2 aromatic rings. The summed E-state index contributed by atoms with van der Waals surface area (Å²) in [6.45, 7) is 0.999. The second-order valence-corrected chi connectivity index (χ2v) is 9.50. The van der Waals surface area contributed by atoms with E-state index < -0.39 is 18.2 Å². The maximum atomic E-state index is 11.0. The van der Waals surface area contributed by atoms with Gasteiger partial charge in [-0.1, -0.05) is 60.7 Å². The zero-order chi connectivity index (χ0) is 25.8. The van der Waals surface area contributed by atoms with Gasteiger partial charge in [0.2, 0.25) is 0 Å². The summed E-state index contributed by atoms with van der Waals surface area (Å²) < 4.78 is 12.0. The molecule has 5 atom stereocenters. The Hall–Kier alpha value is -2.71. The van der Waals surface area contributed by atoms with Crippen molar-refractivity contribution in [3.05, 3.63) is 78.4 Å². The summed E-state index contributed by atoms with van der Waals surface area (Å²) in [5, 5.41) is 30.4. The van der Waals surface area contributed by atoms with Crippen molar-refractivity contribution in [2.75, 3.05) is 20.2 Å². The van der Waals surface area contributed by atoms with Crippen LogP contribution in [0.15, 0.2) is 72.8 Å². The zero-order valence-electron chi connectivity index (χ0n) is 21.0. The number of likely N-dealkylation sites (N-methyl/N-ethyl adjacent to an activating group) is 1. The number of carboxylic acids is 1. The van der Waals surface area contributed by atoms with E-state index in [9.17, 15) is 15.0 Å². The van der Waals surface area contributed by atoms with Crippen LogP contribution >= 0.6 is 0 Å². The molecule has 1 unspecified atom stereocenters. The van der Waals surface area contributed by atoms with Crippen molar-refractivity contribution in [1.82, 2.24) is 4.90 Å². The molecule has 0 aromatic heterocycles. The third-order valence-corrected chi connectivity index (χ3v) is 6.62. The Labute approximate surface area is 214 Å². The topological polar surface area (TPSA) is 99.5 Å². The first kappa shape index (κ1) is 27.9. The molecule has 0 bridgehead atoms. The Morgan fingerprint density at radius 1 is 1.11 bits per heavy atom. The lowest BCUT2D eigenvalue weighted by atomic mass is 9.95. The van der Waals surface area contributed by atoms with Crippen LogP contribution in [-0.2, 0) is 16.1 Å². The molecule has 7 nitrogen and oxygen atoms in total. The maximum Gasteiger partial charge on any atom is 0.303 e. The summed E-state index contributed by atoms with van der Waals surface area (Å²) in [5.74, 6) is -0.0414. The lowest BCUT2D eigenvalue weighted by Crippen LogP contribution is -2.47. The van der Waals surface area contributed by atoms with E-state index in [2.05, 4.69) is 6.08 Å². The van der Waals surface area contributed by atoms with Crippen LogP contribution in [0, 0.1) is 5.92 Å². The summed E-state index contributed by atoms with van der Waals surface area (Å²) in [4.78, 5) is 12.8. The van der Waals surface area contributed by atoms with Gasteiger partial charge in [-0.3, -0.25) is 9.69 Å². The minimum Gasteiger partial charge on any atom is -0.491 e. The van der Waals surface area contributed by atoms with Crippen LogP contribution in [0.2, 0.25) is 0 Å². The molecule has 2 aromatic carbocycles. The molecule has 3 rings (SSSR count). The van der Waals surface area contributed by atoms with Gasteiger partial charge in [-0.05, 0) is 44.0 Å². The van der Waals surface area contributed by atoms with Crippen molar-refractivity contribution in [3.8, 4) is 5.75 Å². The Bertz CT molecular complexity index is 922. The van der Waals surface area contributed by atoms with Crippen LogP contribution < -0.4 is 4.74 Å². The Kier molecular flexibility index (Phi) is 11.4. The maximum absolute atomic E-state index is 11.0. The number of nitrogens with zero attached hydrogens (tertiary/aromatic N) is 1. The minimum absolute atomic E-state index is 0.0340. The van der Waals surface area contributed by atoms with Crippen LogP contribution in [0.25, 0.3) is 0 Å². The van der Waals surface area contributed by atoms with E-state index in [0.29, 0.717) is 44.6 Å². The van der Waals surface area contributed by atoms with Crippen molar-refractivity contribution >= 4 is 5.97 Å². The number of aliphatic hydroxyl groups is 2. The number of hydrogen-bond donors (Lipinski definition) is 3. The summed E-state index contributed by atoms with van der Waals surface area (Å²) in [6, 6.07) is 19.2. The van der Waals surface area contributed by atoms with Crippen molar-refractivity contribution in [2.24, 2.45) is 5.92 Å². The van der Waals surface area contributed by atoms with E-state index in [1.54, 1.807) is 0 Å². The van der Waals surface area contributed by atoms with Gasteiger partial charge in [0.1, 0.15) is 18.5 Å². The summed E-state index contributed by atoms with van der Waals surface area (Å²) in [7, 11) is 1.92. The van der Waals surface area contributed by atoms with Crippen LogP contribution in [0.5, 0.6) is 5.75 Å². The van der Waals surface area contributed by atoms with Gasteiger partial charge in [-0.2, -0.15) is 0 Å². The number of hydrogen-bond acceptors (Lipinski definition) is 6. The summed E-state index contributed by atoms with van der Waals surface area (Å²) in [5.41, 5.74) is 1.08. The van der Waals surface area contributed by atoms with Gasteiger partial charge in [-0.15, -0.1) is 0 Å². The molecule has 0 radical (unpaired) electrons. The number of aliphatic hydroxyl groups excluding tert-OH is 2. The molecule has 0 saturated heterocycles. The third-order valence-electron chi connectivity index (χ3n) is 6.62. The van der Waals surface area contributed by atoms with Crippen LogP contribution in [0.1, 0.15) is 37.7 Å². The molecule has 1 fully saturated rings. The Morgan fingerprint density at radius 3 is 2.50 bits per heavy atom. The van der Waals surface area contributed by atoms with Crippen LogP contribution in [0.3, 0.4) is 0 Å². The highest BCUT2D eigenvalue weighted by Crippen LogP contribution is 2.36. The second-order valence-electron chi connectivity index (χ2n) is 9.50. The number of carboxylic acid groups (broad SMARTS) is 1. The third kappa shape index (κ3) is 9.06. The van der Waals surface area contributed by atoms with E-state index in [1.165, 1.54) is 0 Å². The van der Waals surface area contributed by atoms with E-state index in [1.807, 2.05) is 78.7 Å². The molecule has 3 N–H and O–H groups in total. The monoisotopic (exact) mass is 497 g/mol. The molecule has 7 heteroatoms. The molecule has 0 amide bonds. The molecule has 36 heavy (non-hydrogen) atoms.